The predicted octanol–water partition coefficient (Wildman–Crippen LogP) is 2.26. The van der Waals surface area contributed by atoms with Crippen LogP contribution in [-0.4, -0.2) is 53.9 Å². The largest absolute Gasteiger partial charge is 0.493 e. The SMILES string of the molecule is COc1cc2c(cc1OC)C(=CC(C)Nc1ccc(N(CCN)S(C)(=O)=O)cc1)C(=O)N2. The van der Waals surface area contributed by atoms with Crippen molar-refractivity contribution in [3.05, 3.63) is 48.0 Å². The molecule has 1 unspecified atom stereocenters. The van der Waals surface area contributed by atoms with Crippen LogP contribution in [0, 0.1) is 0 Å². The summed E-state index contributed by atoms with van der Waals surface area (Å²) < 4.78 is 35.9. The first-order valence-electron chi connectivity index (χ1n) is 10.0. The zero-order chi connectivity index (χ0) is 23.5. The van der Waals surface area contributed by atoms with E-state index in [-0.39, 0.29) is 25.0 Å². The summed E-state index contributed by atoms with van der Waals surface area (Å²) in [5, 5.41) is 6.15. The van der Waals surface area contributed by atoms with Crippen molar-refractivity contribution in [2.75, 3.05) is 48.5 Å². The summed E-state index contributed by atoms with van der Waals surface area (Å²) in [4.78, 5) is 12.5. The molecule has 0 saturated carbocycles. The summed E-state index contributed by atoms with van der Waals surface area (Å²) >= 11 is 0. The third-order valence-corrected chi connectivity index (χ3v) is 6.20. The van der Waals surface area contributed by atoms with Gasteiger partial charge in [0.05, 0.1) is 31.9 Å². The Morgan fingerprint density at radius 1 is 1.16 bits per heavy atom. The van der Waals surface area contributed by atoms with Crippen LogP contribution in [0.3, 0.4) is 0 Å². The van der Waals surface area contributed by atoms with Gasteiger partial charge in [0.1, 0.15) is 0 Å². The van der Waals surface area contributed by atoms with Gasteiger partial charge >= 0.3 is 0 Å². The fourth-order valence-corrected chi connectivity index (χ4v) is 4.51. The van der Waals surface area contributed by atoms with Gasteiger partial charge in [0.2, 0.25) is 10.0 Å². The lowest BCUT2D eigenvalue weighted by molar-refractivity contribution is -0.110. The second-order valence-electron chi connectivity index (χ2n) is 7.39. The molecule has 2 aromatic carbocycles. The second-order valence-corrected chi connectivity index (χ2v) is 9.30. The van der Waals surface area contributed by atoms with E-state index in [0.717, 1.165) is 17.5 Å². The van der Waals surface area contributed by atoms with E-state index in [2.05, 4.69) is 10.6 Å². The molecule has 9 nitrogen and oxygen atoms in total. The number of nitrogens with one attached hydrogen (secondary N) is 2. The van der Waals surface area contributed by atoms with Gasteiger partial charge in [-0.25, -0.2) is 8.42 Å². The Bertz CT molecular complexity index is 1130. The number of methoxy groups -OCH3 is 2. The maximum atomic E-state index is 12.5. The molecule has 0 fully saturated rings. The van der Waals surface area contributed by atoms with Crippen LogP contribution in [0.25, 0.3) is 5.57 Å². The number of nitrogens with zero attached hydrogens (tertiary/aromatic N) is 1. The molecule has 1 heterocycles. The van der Waals surface area contributed by atoms with Gasteiger partial charge in [-0.1, -0.05) is 0 Å². The molecule has 3 rings (SSSR count). The van der Waals surface area contributed by atoms with Crippen LogP contribution in [0.1, 0.15) is 12.5 Å². The lowest BCUT2D eigenvalue weighted by Crippen LogP contribution is -2.34. The first kappa shape index (κ1) is 23.4. The van der Waals surface area contributed by atoms with E-state index >= 15 is 0 Å². The average molecular weight is 461 g/mol. The fourth-order valence-electron chi connectivity index (χ4n) is 3.56. The highest BCUT2D eigenvalue weighted by atomic mass is 32.2. The number of fused-ring (bicyclic) bond motifs is 1. The Labute approximate surface area is 188 Å². The number of carbonyl (C=O) groups excluding carboxylic acids is 1. The van der Waals surface area contributed by atoms with Gasteiger partial charge in [0, 0.05) is 42.0 Å². The Morgan fingerprint density at radius 2 is 1.78 bits per heavy atom. The molecule has 1 amide bonds. The molecule has 0 radical (unpaired) electrons. The number of hydrogen-bond acceptors (Lipinski definition) is 7. The molecule has 10 heteroatoms. The van der Waals surface area contributed by atoms with E-state index in [0.29, 0.717) is 28.4 Å². The summed E-state index contributed by atoms with van der Waals surface area (Å²) in [6.45, 7) is 2.35. The highest BCUT2D eigenvalue weighted by Gasteiger charge is 2.27. The Hall–Kier alpha value is -3.24. The van der Waals surface area contributed by atoms with Crippen LogP contribution < -0.4 is 30.1 Å². The minimum Gasteiger partial charge on any atom is -0.493 e. The number of carbonyl (C=O) groups is 1. The Kier molecular flexibility index (Phi) is 6.95. The molecule has 0 aromatic heterocycles. The van der Waals surface area contributed by atoms with E-state index in [1.165, 1.54) is 4.31 Å². The van der Waals surface area contributed by atoms with Crippen molar-refractivity contribution in [3.63, 3.8) is 0 Å². The van der Waals surface area contributed by atoms with Gasteiger partial charge in [-0.2, -0.15) is 0 Å². The molecule has 0 aliphatic carbocycles. The van der Waals surface area contributed by atoms with Gasteiger partial charge in [-0.3, -0.25) is 9.10 Å². The van der Waals surface area contributed by atoms with Crippen LogP contribution >= 0.6 is 0 Å². The smallest absolute Gasteiger partial charge is 0.256 e. The third-order valence-electron chi connectivity index (χ3n) is 5.01. The number of rotatable bonds is 9. The molecule has 172 valence electrons. The summed E-state index contributed by atoms with van der Waals surface area (Å²) in [5.41, 5.74) is 8.80. The monoisotopic (exact) mass is 460 g/mol. The minimum atomic E-state index is -3.42. The molecule has 4 N–H and O–H groups in total. The quantitative estimate of drug-likeness (QED) is 0.491. The van der Waals surface area contributed by atoms with Crippen LogP contribution in [0.5, 0.6) is 11.5 Å². The number of anilines is 3. The molecular formula is C22H28N4O5S. The maximum Gasteiger partial charge on any atom is 0.256 e. The van der Waals surface area contributed by atoms with E-state index < -0.39 is 10.0 Å². The highest BCUT2D eigenvalue weighted by molar-refractivity contribution is 7.92. The van der Waals surface area contributed by atoms with Gasteiger partial charge in [-0.15, -0.1) is 0 Å². The van der Waals surface area contributed by atoms with Crippen LogP contribution in [-0.2, 0) is 14.8 Å². The molecule has 0 bridgehead atoms. The second kappa shape index (κ2) is 9.49. The van der Waals surface area contributed by atoms with E-state index in [1.54, 1.807) is 50.6 Å². The number of benzene rings is 2. The standard InChI is InChI=1S/C22H28N4O5S/c1-14(24-15-5-7-16(8-6-15)26(10-9-23)32(4,28)29)11-18-17-12-20(30-2)21(31-3)13-19(17)25-22(18)27/h5-8,11-14,24H,9-10,23H2,1-4H3,(H,25,27). The van der Waals surface area contributed by atoms with Crippen molar-refractivity contribution in [1.82, 2.24) is 0 Å². The van der Waals surface area contributed by atoms with Crippen LogP contribution in [0.2, 0.25) is 0 Å². The van der Waals surface area contributed by atoms with E-state index in [4.69, 9.17) is 15.2 Å². The minimum absolute atomic E-state index is 0.185. The molecule has 1 aliphatic heterocycles. The molecule has 1 atom stereocenters. The summed E-state index contributed by atoms with van der Waals surface area (Å²) in [5.74, 6) is 0.875. The van der Waals surface area contributed by atoms with Crippen LogP contribution in [0.4, 0.5) is 17.1 Å². The summed E-state index contributed by atoms with van der Waals surface area (Å²) in [6, 6.07) is 10.3. The van der Waals surface area contributed by atoms with E-state index in [1.807, 2.05) is 13.0 Å². The van der Waals surface area contributed by atoms with Crippen molar-refractivity contribution >= 4 is 38.6 Å². The number of amides is 1. The molecule has 32 heavy (non-hydrogen) atoms. The van der Waals surface area contributed by atoms with Crippen molar-refractivity contribution in [2.45, 2.75) is 13.0 Å². The van der Waals surface area contributed by atoms with Crippen molar-refractivity contribution < 1.29 is 22.7 Å². The number of hydrogen-bond donors (Lipinski definition) is 3. The average Bonchev–Trinajstić information content (AvgIpc) is 3.04. The third kappa shape index (κ3) is 4.97. The molecule has 2 aromatic rings. The van der Waals surface area contributed by atoms with Crippen LogP contribution in [0.15, 0.2) is 42.5 Å². The normalized spacial score (nSPS) is 15.2. The zero-order valence-electron chi connectivity index (χ0n) is 18.5. The molecular weight excluding hydrogens is 432 g/mol. The van der Waals surface area contributed by atoms with Gasteiger partial charge in [0.25, 0.3) is 5.91 Å². The number of nitrogens with two attached hydrogens (primary N) is 1. The first-order valence-corrected chi connectivity index (χ1v) is 11.9. The van der Waals surface area contributed by atoms with Gasteiger partial charge in [-0.05, 0) is 43.3 Å². The zero-order valence-corrected chi connectivity index (χ0v) is 19.3. The Balaban J connectivity index is 1.80. The predicted molar refractivity (Wildman–Crippen MR) is 127 cm³/mol. The highest BCUT2D eigenvalue weighted by Crippen LogP contribution is 2.40. The lowest BCUT2D eigenvalue weighted by Gasteiger charge is -2.22. The number of sulfonamides is 1. The van der Waals surface area contributed by atoms with Crippen molar-refractivity contribution in [1.29, 1.82) is 0 Å². The summed E-state index contributed by atoms with van der Waals surface area (Å²) in [7, 11) is -0.330. The summed E-state index contributed by atoms with van der Waals surface area (Å²) in [6.07, 6.45) is 2.98. The lowest BCUT2D eigenvalue weighted by atomic mass is 10.0. The molecule has 1 aliphatic rings. The fraction of sp³-hybridized carbons (Fsp3) is 0.318. The van der Waals surface area contributed by atoms with Gasteiger partial charge in [0.15, 0.2) is 11.5 Å². The van der Waals surface area contributed by atoms with E-state index in [9.17, 15) is 13.2 Å². The Morgan fingerprint density at radius 3 is 2.34 bits per heavy atom. The van der Waals surface area contributed by atoms with Crippen molar-refractivity contribution in [2.24, 2.45) is 5.73 Å². The van der Waals surface area contributed by atoms with Gasteiger partial charge < -0.3 is 25.8 Å². The maximum absolute atomic E-state index is 12.5. The molecule has 0 spiro atoms. The topological polar surface area (TPSA) is 123 Å². The molecule has 0 saturated heterocycles. The number of ether oxygens (including phenoxy) is 2. The van der Waals surface area contributed by atoms with Crippen molar-refractivity contribution in [3.8, 4) is 11.5 Å². The first-order chi connectivity index (χ1) is 15.2.